The van der Waals surface area contributed by atoms with Gasteiger partial charge in [-0.1, -0.05) is 120 Å². The maximum Gasteiger partial charge on any atom is 0.254 e. The van der Waals surface area contributed by atoms with E-state index in [4.69, 9.17) is 0 Å². The van der Waals surface area contributed by atoms with E-state index in [2.05, 4.69) is 90.1 Å². The third kappa shape index (κ3) is 7.14. The van der Waals surface area contributed by atoms with E-state index in [-0.39, 0.29) is 28.4 Å². The Bertz CT molecular complexity index is 1550. The molecule has 5 rings (SSSR count). The minimum absolute atomic E-state index is 0.00189. The van der Waals surface area contributed by atoms with E-state index in [0.29, 0.717) is 38.0 Å². The molecule has 1 fully saturated rings. The van der Waals surface area contributed by atoms with E-state index >= 15 is 4.79 Å². The summed E-state index contributed by atoms with van der Waals surface area (Å²) in [6.45, 7) is 14.4. The van der Waals surface area contributed by atoms with Gasteiger partial charge in [0, 0.05) is 38.0 Å². The fourth-order valence-corrected chi connectivity index (χ4v) is 6.28. The van der Waals surface area contributed by atoms with E-state index in [0.717, 1.165) is 16.7 Å². The van der Waals surface area contributed by atoms with Gasteiger partial charge in [0.2, 0.25) is 5.91 Å². The first-order valence-electron chi connectivity index (χ1n) is 15.9. The van der Waals surface area contributed by atoms with E-state index in [1.54, 1.807) is 12.1 Å². The molecule has 1 N–H and O–H groups in total. The summed E-state index contributed by atoms with van der Waals surface area (Å²) in [5.74, 6) is -0.00753. The molecule has 1 saturated heterocycles. The SMILES string of the molecule is CC(C)(C)c1ccc(CC2(Cc3ccc(C(C)(C)C)cc3)C(=O)N(Cc3ccc(O)cc3)CCN2C(=O)c2ccccc2)cc1. The Labute approximate surface area is 268 Å². The number of amides is 2. The second kappa shape index (κ2) is 12.5. The van der Waals surface area contributed by atoms with Crippen molar-refractivity contribution in [1.82, 2.24) is 9.80 Å². The lowest BCUT2D eigenvalue weighted by atomic mass is 9.78. The topological polar surface area (TPSA) is 60.9 Å². The number of hydrogen-bond donors (Lipinski definition) is 1. The zero-order chi connectivity index (χ0) is 32.4. The Balaban J connectivity index is 1.62. The second-order valence-corrected chi connectivity index (χ2v) is 14.5. The lowest BCUT2D eigenvalue weighted by Crippen LogP contribution is -2.69. The number of nitrogens with zero attached hydrogens (tertiary/aromatic N) is 2. The van der Waals surface area contributed by atoms with Gasteiger partial charge >= 0.3 is 0 Å². The third-order valence-electron chi connectivity index (χ3n) is 9.00. The highest BCUT2D eigenvalue weighted by molar-refractivity contribution is 6.00. The van der Waals surface area contributed by atoms with Crippen LogP contribution in [-0.2, 0) is 35.0 Å². The van der Waals surface area contributed by atoms with Crippen LogP contribution in [0.4, 0.5) is 0 Å². The highest BCUT2D eigenvalue weighted by Gasteiger charge is 2.51. The maximum atomic E-state index is 15.0. The summed E-state index contributed by atoms with van der Waals surface area (Å²) in [4.78, 5) is 33.1. The molecule has 45 heavy (non-hydrogen) atoms. The average molecular weight is 603 g/mol. The number of phenols is 1. The molecule has 0 aromatic heterocycles. The van der Waals surface area contributed by atoms with Crippen molar-refractivity contribution in [3.63, 3.8) is 0 Å². The van der Waals surface area contributed by atoms with Crippen LogP contribution in [0.25, 0.3) is 0 Å². The highest BCUT2D eigenvalue weighted by Crippen LogP contribution is 2.35. The van der Waals surface area contributed by atoms with Crippen LogP contribution in [0.5, 0.6) is 5.75 Å². The summed E-state index contributed by atoms with van der Waals surface area (Å²) < 4.78 is 0. The molecule has 1 heterocycles. The van der Waals surface area contributed by atoms with Crippen molar-refractivity contribution in [2.24, 2.45) is 0 Å². The molecule has 0 atom stereocenters. The quantitative estimate of drug-likeness (QED) is 0.236. The first-order chi connectivity index (χ1) is 21.3. The number of aromatic hydroxyl groups is 1. The van der Waals surface area contributed by atoms with E-state index in [1.165, 1.54) is 11.1 Å². The zero-order valence-corrected chi connectivity index (χ0v) is 27.5. The van der Waals surface area contributed by atoms with E-state index < -0.39 is 5.54 Å². The minimum Gasteiger partial charge on any atom is -0.508 e. The molecule has 5 nitrogen and oxygen atoms in total. The van der Waals surface area contributed by atoms with Crippen LogP contribution in [0.2, 0.25) is 0 Å². The first-order valence-corrected chi connectivity index (χ1v) is 15.9. The standard InChI is InChI=1S/C40H46N2O3/c1-38(2,3)33-18-12-29(13-19-33)26-40(27-30-14-20-34(21-15-30)39(4,5)6)37(45)41(28-31-16-22-35(43)23-17-31)24-25-42(40)36(44)32-10-8-7-9-11-32/h7-23,43H,24-28H2,1-6H3. The van der Waals surface area contributed by atoms with Crippen LogP contribution >= 0.6 is 0 Å². The molecule has 0 aliphatic carbocycles. The predicted molar refractivity (Wildman–Crippen MR) is 181 cm³/mol. The van der Waals surface area contributed by atoms with Crippen molar-refractivity contribution in [2.75, 3.05) is 13.1 Å². The van der Waals surface area contributed by atoms with Crippen LogP contribution in [0.1, 0.15) is 79.7 Å². The van der Waals surface area contributed by atoms with Gasteiger partial charge in [0.05, 0.1) is 0 Å². The average Bonchev–Trinajstić information content (AvgIpc) is 3.00. The normalized spacial score (nSPS) is 15.3. The molecule has 234 valence electrons. The predicted octanol–water partition coefficient (Wildman–Crippen LogP) is 7.70. The second-order valence-electron chi connectivity index (χ2n) is 14.5. The van der Waals surface area contributed by atoms with Crippen molar-refractivity contribution < 1.29 is 14.7 Å². The fourth-order valence-electron chi connectivity index (χ4n) is 6.28. The summed E-state index contributed by atoms with van der Waals surface area (Å²) in [6, 6.07) is 33.3. The molecule has 0 unspecified atom stereocenters. The van der Waals surface area contributed by atoms with Crippen molar-refractivity contribution in [3.8, 4) is 5.75 Å². The summed E-state index contributed by atoms with van der Waals surface area (Å²) >= 11 is 0. The number of piperazine rings is 1. The number of benzene rings is 4. The van der Waals surface area contributed by atoms with E-state index in [9.17, 15) is 9.90 Å². The highest BCUT2D eigenvalue weighted by atomic mass is 16.3. The number of hydrogen-bond acceptors (Lipinski definition) is 3. The largest absolute Gasteiger partial charge is 0.508 e. The molecular weight excluding hydrogens is 556 g/mol. The first kappa shape index (κ1) is 32.0. The molecule has 0 spiro atoms. The monoisotopic (exact) mass is 602 g/mol. The minimum atomic E-state index is -1.14. The van der Waals surface area contributed by atoms with Crippen LogP contribution in [-0.4, -0.2) is 45.3 Å². The van der Waals surface area contributed by atoms with Crippen molar-refractivity contribution in [1.29, 1.82) is 0 Å². The number of carbonyl (C=O) groups excluding carboxylic acids is 2. The molecule has 1 aliphatic heterocycles. The molecule has 0 radical (unpaired) electrons. The van der Waals surface area contributed by atoms with Crippen molar-refractivity contribution >= 4 is 11.8 Å². The zero-order valence-electron chi connectivity index (χ0n) is 27.5. The van der Waals surface area contributed by atoms with Crippen LogP contribution in [0.3, 0.4) is 0 Å². The lowest BCUT2D eigenvalue weighted by Gasteiger charge is -2.50. The molecule has 4 aromatic rings. The molecular formula is C40H46N2O3. The van der Waals surface area contributed by atoms with E-state index in [1.807, 2.05) is 52.3 Å². The molecule has 2 amide bonds. The van der Waals surface area contributed by atoms with Crippen molar-refractivity contribution in [3.05, 3.63) is 137 Å². The van der Waals surface area contributed by atoms with Gasteiger partial charge in [0.25, 0.3) is 5.91 Å². The van der Waals surface area contributed by atoms with Crippen molar-refractivity contribution in [2.45, 2.75) is 77.3 Å². The smallest absolute Gasteiger partial charge is 0.254 e. The van der Waals surface area contributed by atoms with Gasteiger partial charge in [0.1, 0.15) is 11.3 Å². The summed E-state index contributed by atoms with van der Waals surface area (Å²) in [7, 11) is 0. The fraction of sp³-hybridized carbons (Fsp3) is 0.350. The number of rotatable bonds is 7. The van der Waals surface area contributed by atoms with Crippen LogP contribution < -0.4 is 0 Å². The Morgan fingerprint density at radius 3 is 1.60 bits per heavy atom. The van der Waals surface area contributed by atoms with Crippen LogP contribution in [0.15, 0.2) is 103 Å². The van der Waals surface area contributed by atoms with Crippen LogP contribution in [0, 0.1) is 0 Å². The molecule has 5 heteroatoms. The lowest BCUT2D eigenvalue weighted by molar-refractivity contribution is -0.149. The van der Waals surface area contributed by atoms with Gasteiger partial charge in [-0.05, 0) is 62.9 Å². The number of phenolic OH excluding ortho intramolecular Hbond substituents is 1. The Kier molecular flexibility index (Phi) is 8.93. The summed E-state index contributed by atoms with van der Waals surface area (Å²) in [5.41, 5.74) is 4.84. The molecule has 1 aliphatic rings. The Morgan fingerprint density at radius 2 is 1.13 bits per heavy atom. The number of carbonyl (C=O) groups is 2. The molecule has 4 aromatic carbocycles. The van der Waals surface area contributed by atoms with Gasteiger partial charge in [-0.2, -0.15) is 0 Å². The molecule has 0 bridgehead atoms. The van der Waals surface area contributed by atoms with Gasteiger partial charge in [-0.3, -0.25) is 9.59 Å². The third-order valence-corrected chi connectivity index (χ3v) is 9.00. The summed E-state index contributed by atoms with van der Waals surface area (Å²) in [6.07, 6.45) is 0.782. The maximum absolute atomic E-state index is 15.0. The Morgan fingerprint density at radius 1 is 0.667 bits per heavy atom. The van der Waals surface area contributed by atoms with Gasteiger partial charge in [0.15, 0.2) is 0 Å². The molecule has 0 saturated carbocycles. The van der Waals surface area contributed by atoms with Gasteiger partial charge < -0.3 is 14.9 Å². The van der Waals surface area contributed by atoms with Gasteiger partial charge in [-0.25, -0.2) is 0 Å². The summed E-state index contributed by atoms with van der Waals surface area (Å²) in [5, 5.41) is 9.84. The van der Waals surface area contributed by atoms with Gasteiger partial charge in [-0.15, -0.1) is 0 Å². The Hall–Kier alpha value is -4.38.